The molecule has 0 saturated carbocycles. The summed E-state index contributed by atoms with van der Waals surface area (Å²) in [6.45, 7) is 1.18. The second-order valence-electron chi connectivity index (χ2n) is 3.59. The van der Waals surface area contributed by atoms with Gasteiger partial charge in [-0.15, -0.1) is 0 Å². The van der Waals surface area contributed by atoms with Gasteiger partial charge in [0.1, 0.15) is 0 Å². The van der Waals surface area contributed by atoms with Crippen LogP contribution in [0.15, 0.2) is 28.7 Å². The molecule has 1 aliphatic heterocycles. The summed E-state index contributed by atoms with van der Waals surface area (Å²) in [7, 11) is -2.79. The Labute approximate surface area is 98.1 Å². The van der Waals surface area contributed by atoms with Crippen LogP contribution in [0.1, 0.15) is 0 Å². The normalized spacial score (nSPS) is 20.2. The van der Waals surface area contributed by atoms with E-state index in [1.807, 2.05) is 24.3 Å². The smallest absolute Gasteiger partial charge is 0.153 e. The number of hydrogen-bond acceptors (Lipinski definition) is 3. The molecule has 0 spiro atoms. The highest BCUT2D eigenvalue weighted by atomic mass is 79.9. The SMILES string of the molecule is O=S1(=O)CCN(c2ccccc2Br)CC1. The van der Waals surface area contributed by atoms with Crippen molar-refractivity contribution in [1.29, 1.82) is 0 Å². The fourth-order valence-corrected chi connectivity index (χ4v) is 3.40. The lowest BCUT2D eigenvalue weighted by molar-refractivity contribution is 0.586. The highest BCUT2D eigenvalue weighted by molar-refractivity contribution is 9.10. The summed E-state index contributed by atoms with van der Waals surface area (Å²) in [6.07, 6.45) is 0. The maximum absolute atomic E-state index is 11.3. The fourth-order valence-electron chi connectivity index (χ4n) is 1.66. The number of para-hydroxylation sites is 1. The molecule has 0 bridgehead atoms. The van der Waals surface area contributed by atoms with Gasteiger partial charge in [0.05, 0.1) is 17.2 Å². The fraction of sp³-hybridized carbons (Fsp3) is 0.400. The topological polar surface area (TPSA) is 37.4 Å². The minimum atomic E-state index is -2.79. The lowest BCUT2D eigenvalue weighted by Gasteiger charge is -2.29. The van der Waals surface area contributed by atoms with Crippen LogP contribution in [-0.2, 0) is 9.84 Å². The highest BCUT2D eigenvalue weighted by Crippen LogP contribution is 2.26. The van der Waals surface area contributed by atoms with E-state index in [0.717, 1.165) is 10.2 Å². The van der Waals surface area contributed by atoms with Crippen LogP contribution in [-0.4, -0.2) is 33.0 Å². The molecule has 0 aliphatic carbocycles. The summed E-state index contributed by atoms with van der Waals surface area (Å²) in [5.41, 5.74) is 1.08. The van der Waals surface area contributed by atoms with Gasteiger partial charge in [-0.3, -0.25) is 0 Å². The molecular formula is C10H12BrNO2S. The van der Waals surface area contributed by atoms with Crippen LogP contribution < -0.4 is 4.90 Å². The second-order valence-corrected chi connectivity index (χ2v) is 6.75. The quantitative estimate of drug-likeness (QED) is 0.790. The summed E-state index contributed by atoms with van der Waals surface area (Å²) in [4.78, 5) is 2.10. The Hall–Kier alpha value is -0.550. The molecule has 0 atom stereocenters. The van der Waals surface area contributed by atoms with Gasteiger partial charge < -0.3 is 4.90 Å². The Morgan fingerprint density at radius 3 is 2.33 bits per heavy atom. The van der Waals surface area contributed by atoms with Crippen molar-refractivity contribution in [2.24, 2.45) is 0 Å². The van der Waals surface area contributed by atoms with Crippen molar-refractivity contribution in [3.63, 3.8) is 0 Å². The van der Waals surface area contributed by atoms with E-state index in [1.165, 1.54) is 0 Å². The monoisotopic (exact) mass is 289 g/mol. The number of sulfone groups is 1. The average molecular weight is 290 g/mol. The number of anilines is 1. The molecule has 0 amide bonds. The molecule has 0 aromatic heterocycles. The van der Waals surface area contributed by atoms with E-state index in [2.05, 4.69) is 20.8 Å². The third kappa shape index (κ3) is 2.52. The van der Waals surface area contributed by atoms with E-state index in [0.29, 0.717) is 13.1 Å². The lowest BCUT2D eigenvalue weighted by atomic mass is 10.3. The van der Waals surface area contributed by atoms with Crippen LogP contribution in [0.4, 0.5) is 5.69 Å². The Morgan fingerprint density at radius 2 is 1.73 bits per heavy atom. The van der Waals surface area contributed by atoms with E-state index >= 15 is 0 Å². The molecule has 1 aromatic carbocycles. The third-order valence-electron chi connectivity index (χ3n) is 2.54. The number of benzene rings is 1. The number of nitrogens with zero attached hydrogens (tertiary/aromatic N) is 1. The highest BCUT2D eigenvalue weighted by Gasteiger charge is 2.22. The summed E-state index contributed by atoms with van der Waals surface area (Å²) in [5.74, 6) is 0.517. The summed E-state index contributed by atoms with van der Waals surface area (Å²) in [6, 6.07) is 7.89. The Kier molecular flexibility index (Phi) is 3.02. The van der Waals surface area contributed by atoms with Crippen LogP contribution in [0.3, 0.4) is 0 Å². The van der Waals surface area contributed by atoms with Crippen LogP contribution in [0, 0.1) is 0 Å². The van der Waals surface area contributed by atoms with Gasteiger partial charge in [-0.2, -0.15) is 0 Å². The van der Waals surface area contributed by atoms with Crippen molar-refractivity contribution in [2.75, 3.05) is 29.5 Å². The molecule has 0 radical (unpaired) electrons. The molecule has 0 unspecified atom stereocenters. The van der Waals surface area contributed by atoms with Crippen LogP contribution >= 0.6 is 15.9 Å². The van der Waals surface area contributed by atoms with Gasteiger partial charge in [0.25, 0.3) is 0 Å². The zero-order chi connectivity index (χ0) is 10.9. The third-order valence-corrected chi connectivity index (χ3v) is 4.82. The molecule has 0 N–H and O–H groups in total. The summed E-state index contributed by atoms with van der Waals surface area (Å²) >= 11 is 3.47. The number of hydrogen-bond donors (Lipinski definition) is 0. The van der Waals surface area contributed by atoms with Crippen molar-refractivity contribution in [3.8, 4) is 0 Å². The van der Waals surface area contributed by atoms with Crippen molar-refractivity contribution in [3.05, 3.63) is 28.7 Å². The predicted molar refractivity (Wildman–Crippen MR) is 65.0 cm³/mol. The van der Waals surface area contributed by atoms with E-state index in [-0.39, 0.29) is 11.5 Å². The number of halogens is 1. The Bertz CT molecular complexity index is 444. The Morgan fingerprint density at radius 1 is 1.13 bits per heavy atom. The molecule has 2 rings (SSSR count). The molecule has 5 heteroatoms. The molecule has 15 heavy (non-hydrogen) atoms. The van der Waals surface area contributed by atoms with E-state index in [1.54, 1.807) is 0 Å². The minimum absolute atomic E-state index is 0.258. The summed E-state index contributed by atoms with van der Waals surface area (Å²) < 4.78 is 23.6. The molecule has 1 saturated heterocycles. The average Bonchev–Trinajstić information content (AvgIpc) is 2.19. The van der Waals surface area contributed by atoms with Gasteiger partial charge in [0, 0.05) is 17.6 Å². The zero-order valence-electron chi connectivity index (χ0n) is 8.19. The molecule has 82 valence electrons. The predicted octanol–water partition coefficient (Wildman–Crippen LogP) is 1.68. The number of rotatable bonds is 1. The zero-order valence-corrected chi connectivity index (χ0v) is 10.6. The van der Waals surface area contributed by atoms with Gasteiger partial charge in [-0.25, -0.2) is 8.42 Å². The first-order chi connectivity index (χ1) is 7.08. The molecule has 1 aliphatic rings. The van der Waals surface area contributed by atoms with Crippen molar-refractivity contribution in [2.45, 2.75) is 0 Å². The molecule has 1 heterocycles. The van der Waals surface area contributed by atoms with E-state index in [4.69, 9.17) is 0 Å². The second kappa shape index (κ2) is 4.14. The van der Waals surface area contributed by atoms with Crippen molar-refractivity contribution in [1.82, 2.24) is 0 Å². The van der Waals surface area contributed by atoms with Crippen LogP contribution in [0.5, 0.6) is 0 Å². The van der Waals surface area contributed by atoms with E-state index in [9.17, 15) is 8.42 Å². The van der Waals surface area contributed by atoms with Gasteiger partial charge in [-0.1, -0.05) is 12.1 Å². The first-order valence-corrected chi connectivity index (χ1v) is 7.40. The largest absolute Gasteiger partial charge is 0.369 e. The van der Waals surface area contributed by atoms with E-state index < -0.39 is 9.84 Å². The van der Waals surface area contributed by atoms with Crippen LogP contribution in [0.25, 0.3) is 0 Å². The van der Waals surface area contributed by atoms with Gasteiger partial charge in [0.2, 0.25) is 0 Å². The van der Waals surface area contributed by atoms with Crippen LogP contribution in [0.2, 0.25) is 0 Å². The van der Waals surface area contributed by atoms with Gasteiger partial charge in [-0.05, 0) is 28.1 Å². The van der Waals surface area contributed by atoms with Gasteiger partial charge in [0.15, 0.2) is 9.84 Å². The Balaban J connectivity index is 2.18. The van der Waals surface area contributed by atoms with Crippen molar-refractivity contribution >= 4 is 31.5 Å². The maximum atomic E-state index is 11.3. The molecular weight excluding hydrogens is 278 g/mol. The minimum Gasteiger partial charge on any atom is -0.369 e. The molecule has 1 fully saturated rings. The van der Waals surface area contributed by atoms with Gasteiger partial charge >= 0.3 is 0 Å². The molecule has 1 aromatic rings. The van der Waals surface area contributed by atoms with Crippen molar-refractivity contribution < 1.29 is 8.42 Å². The first kappa shape index (κ1) is 11.0. The lowest BCUT2D eigenvalue weighted by Crippen LogP contribution is -2.40. The summed E-state index contributed by atoms with van der Waals surface area (Å²) in [5, 5.41) is 0. The maximum Gasteiger partial charge on any atom is 0.153 e. The molecule has 3 nitrogen and oxygen atoms in total. The first-order valence-electron chi connectivity index (χ1n) is 4.78. The standard InChI is InChI=1S/C10H12BrNO2S/c11-9-3-1-2-4-10(9)12-5-7-15(13,14)8-6-12/h1-4H,5-8H2.